The van der Waals surface area contributed by atoms with E-state index in [0.29, 0.717) is 18.7 Å². The third kappa shape index (κ3) is 7.49. The lowest BCUT2D eigenvalue weighted by Gasteiger charge is -2.13. The number of guanidine groups is 1. The molecule has 1 amide bonds. The molecule has 0 aliphatic carbocycles. The number of hydrogen-bond donors (Lipinski definition) is 2. The van der Waals surface area contributed by atoms with Crippen molar-refractivity contribution < 1.29 is 9.53 Å². The number of carbonyl (C=O) groups is 1. The van der Waals surface area contributed by atoms with Crippen molar-refractivity contribution in [2.75, 3.05) is 20.6 Å². The van der Waals surface area contributed by atoms with Gasteiger partial charge in [-0.2, -0.15) is 0 Å². The van der Waals surface area contributed by atoms with Gasteiger partial charge in [0.15, 0.2) is 5.96 Å². The van der Waals surface area contributed by atoms with Gasteiger partial charge in [0, 0.05) is 32.7 Å². The zero-order valence-electron chi connectivity index (χ0n) is 18.0. The number of carbonyl (C=O) groups excluding carboxylic acids is 1. The zero-order chi connectivity index (χ0) is 21.2. The molecule has 156 valence electrons. The van der Waals surface area contributed by atoms with E-state index in [0.717, 1.165) is 29.4 Å². The first-order valence-electron chi connectivity index (χ1n) is 9.97. The van der Waals surface area contributed by atoms with E-state index in [1.54, 1.807) is 19.0 Å². The Morgan fingerprint density at radius 1 is 1.00 bits per heavy atom. The summed E-state index contributed by atoms with van der Waals surface area (Å²) in [4.78, 5) is 18.2. The molecule has 0 saturated carbocycles. The maximum absolute atomic E-state index is 12.0. The van der Waals surface area contributed by atoms with Crippen LogP contribution in [0.1, 0.15) is 42.3 Å². The van der Waals surface area contributed by atoms with Gasteiger partial charge in [-0.05, 0) is 56.2 Å². The number of nitrogens with zero attached hydrogens (tertiary/aromatic N) is 2. The van der Waals surface area contributed by atoms with Crippen LogP contribution in [0.3, 0.4) is 0 Å². The summed E-state index contributed by atoms with van der Waals surface area (Å²) >= 11 is 0. The molecule has 0 aliphatic heterocycles. The molecule has 0 aliphatic rings. The molecule has 0 radical (unpaired) electrons. The Morgan fingerprint density at radius 3 is 2.17 bits per heavy atom. The summed E-state index contributed by atoms with van der Waals surface area (Å²) in [5.41, 5.74) is 2.88. The third-order valence-electron chi connectivity index (χ3n) is 4.13. The van der Waals surface area contributed by atoms with Crippen molar-refractivity contribution in [1.29, 1.82) is 0 Å². The summed E-state index contributed by atoms with van der Waals surface area (Å²) < 4.78 is 5.67. The standard InChI is InChI=1S/C23H32N4O2/c1-6-24-23(26-16-19-9-13-21(14-10-19)29-17(2)3)25-15-18-7-11-20(12-8-18)22(28)27(4)5/h7-14,17H,6,15-16H2,1-5H3,(H2,24,25,26). The van der Waals surface area contributed by atoms with Crippen LogP contribution in [-0.4, -0.2) is 43.5 Å². The van der Waals surface area contributed by atoms with Crippen LogP contribution in [-0.2, 0) is 13.1 Å². The van der Waals surface area contributed by atoms with Crippen molar-refractivity contribution in [2.24, 2.45) is 4.99 Å². The van der Waals surface area contributed by atoms with Gasteiger partial charge < -0.3 is 20.3 Å². The number of amides is 1. The van der Waals surface area contributed by atoms with E-state index in [9.17, 15) is 4.79 Å². The van der Waals surface area contributed by atoms with E-state index in [2.05, 4.69) is 15.6 Å². The van der Waals surface area contributed by atoms with Crippen molar-refractivity contribution in [3.05, 3.63) is 65.2 Å². The Hall–Kier alpha value is -3.02. The van der Waals surface area contributed by atoms with Gasteiger partial charge in [0.1, 0.15) is 5.75 Å². The molecule has 2 aromatic rings. The Kier molecular flexibility index (Phi) is 8.52. The maximum Gasteiger partial charge on any atom is 0.253 e. The zero-order valence-corrected chi connectivity index (χ0v) is 18.0. The first kappa shape index (κ1) is 22.3. The average molecular weight is 397 g/mol. The summed E-state index contributed by atoms with van der Waals surface area (Å²) in [6.45, 7) is 8.05. The number of rotatable bonds is 8. The molecule has 0 heterocycles. The first-order chi connectivity index (χ1) is 13.9. The molecular formula is C23H32N4O2. The second kappa shape index (κ2) is 11.1. The molecule has 2 N–H and O–H groups in total. The Morgan fingerprint density at radius 2 is 1.62 bits per heavy atom. The van der Waals surface area contributed by atoms with Crippen LogP contribution >= 0.6 is 0 Å². The third-order valence-corrected chi connectivity index (χ3v) is 4.13. The van der Waals surface area contributed by atoms with E-state index in [-0.39, 0.29) is 12.0 Å². The van der Waals surface area contributed by atoms with Crippen molar-refractivity contribution >= 4 is 11.9 Å². The number of hydrogen-bond acceptors (Lipinski definition) is 3. The van der Waals surface area contributed by atoms with Crippen LogP contribution in [0.25, 0.3) is 0 Å². The van der Waals surface area contributed by atoms with E-state index in [4.69, 9.17) is 4.74 Å². The van der Waals surface area contributed by atoms with Crippen LogP contribution < -0.4 is 15.4 Å². The smallest absolute Gasteiger partial charge is 0.253 e. The summed E-state index contributed by atoms with van der Waals surface area (Å²) in [6, 6.07) is 15.6. The van der Waals surface area contributed by atoms with Gasteiger partial charge in [-0.15, -0.1) is 0 Å². The minimum Gasteiger partial charge on any atom is -0.491 e. The predicted molar refractivity (Wildman–Crippen MR) is 118 cm³/mol. The maximum atomic E-state index is 12.0. The Balaban J connectivity index is 1.94. The predicted octanol–water partition coefficient (Wildman–Crippen LogP) is 3.43. The van der Waals surface area contributed by atoms with E-state index in [1.807, 2.05) is 69.3 Å². The van der Waals surface area contributed by atoms with Crippen LogP contribution in [0.15, 0.2) is 53.5 Å². The van der Waals surface area contributed by atoms with Gasteiger partial charge in [0.05, 0.1) is 12.6 Å². The summed E-state index contributed by atoms with van der Waals surface area (Å²) in [6.07, 6.45) is 0.165. The highest BCUT2D eigenvalue weighted by Crippen LogP contribution is 2.14. The molecule has 6 heteroatoms. The van der Waals surface area contributed by atoms with Gasteiger partial charge in [0.25, 0.3) is 5.91 Å². The largest absolute Gasteiger partial charge is 0.491 e. The molecule has 6 nitrogen and oxygen atoms in total. The minimum atomic E-state index is 0.00391. The van der Waals surface area contributed by atoms with E-state index >= 15 is 0 Å². The SMILES string of the molecule is CCNC(=NCc1ccc(OC(C)C)cc1)NCc1ccc(C(=O)N(C)C)cc1. The second-order valence-electron chi connectivity index (χ2n) is 7.26. The van der Waals surface area contributed by atoms with Crippen LogP contribution in [0, 0.1) is 0 Å². The lowest BCUT2D eigenvalue weighted by atomic mass is 10.1. The van der Waals surface area contributed by atoms with Gasteiger partial charge in [-0.25, -0.2) is 4.99 Å². The molecule has 0 bridgehead atoms. The molecule has 29 heavy (non-hydrogen) atoms. The molecule has 0 atom stereocenters. The van der Waals surface area contributed by atoms with Crippen molar-refractivity contribution in [3.63, 3.8) is 0 Å². The fourth-order valence-electron chi connectivity index (χ4n) is 2.67. The fourth-order valence-corrected chi connectivity index (χ4v) is 2.67. The second-order valence-corrected chi connectivity index (χ2v) is 7.26. The van der Waals surface area contributed by atoms with Crippen molar-refractivity contribution in [2.45, 2.75) is 40.0 Å². The normalized spacial score (nSPS) is 11.3. The van der Waals surface area contributed by atoms with Crippen LogP contribution in [0.2, 0.25) is 0 Å². The first-order valence-corrected chi connectivity index (χ1v) is 9.97. The summed E-state index contributed by atoms with van der Waals surface area (Å²) in [5, 5.41) is 6.59. The number of nitrogens with one attached hydrogen (secondary N) is 2. The highest BCUT2D eigenvalue weighted by molar-refractivity contribution is 5.93. The summed E-state index contributed by atoms with van der Waals surface area (Å²) in [5.74, 6) is 1.63. The average Bonchev–Trinajstić information content (AvgIpc) is 2.70. The molecule has 2 rings (SSSR count). The molecule has 0 fully saturated rings. The molecule has 0 aromatic heterocycles. The molecule has 0 spiro atoms. The highest BCUT2D eigenvalue weighted by atomic mass is 16.5. The van der Waals surface area contributed by atoms with Crippen molar-refractivity contribution in [3.8, 4) is 5.75 Å². The quantitative estimate of drug-likeness (QED) is 0.530. The molecule has 0 unspecified atom stereocenters. The molecular weight excluding hydrogens is 364 g/mol. The number of ether oxygens (including phenoxy) is 1. The molecule has 0 saturated heterocycles. The van der Waals surface area contributed by atoms with Gasteiger partial charge in [0.2, 0.25) is 0 Å². The van der Waals surface area contributed by atoms with E-state index < -0.39 is 0 Å². The lowest BCUT2D eigenvalue weighted by molar-refractivity contribution is 0.0827. The van der Waals surface area contributed by atoms with Gasteiger partial charge in [-0.1, -0.05) is 24.3 Å². The Bertz CT molecular complexity index is 797. The monoisotopic (exact) mass is 396 g/mol. The van der Waals surface area contributed by atoms with E-state index in [1.165, 1.54) is 0 Å². The molecule has 2 aromatic carbocycles. The van der Waals surface area contributed by atoms with Crippen molar-refractivity contribution in [1.82, 2.24) is 15.5 Å². The van der Waals surface area contributed by atoms with Gasteiger partial charge in [-0.3, -0.25) is 4.79 Å². The number of benzene rings is 2. The van der Waals surface area contributed by atoms with Crippen LogP contribution in [0.4, 0.5) is 0 Å². The summed E-state index contributed by atoms with van der Waals surface area (Å²) in [7, 11) is 3.50. The lowest BCUT2D eigenvalue weighted by Crippen LogP contribution is -2.36. The topological polar surface area (TPSA) is 66.0 Å². The fraction of sp³-hybridized carbons (Fsp3) is 0.391. The number of aliphatic imine (C=N–C) groups is 1. The van der Waals surface area contributed by atoms with Crippen LogP contribution in [0.5, 0.6) is 5.75 Å². The highest BCUT2D eigenvalue weighted by Gasteiger charge is 2.07. The minimum absolute atomic E-state index is 0.00391. The Labute approximate surface area is 174 Å². The van der Waals surface area contributed by atoms with Gasteiger partial charge >= 0.3 is 0 Å².